The molecule has 0 rings (SSSR count). The molecule has 0 aliphatic rings. The monoisotopic (exact) mass is 833 g/mol. The average molecular weight is 833 g/mol. The lowest BCUT2D eigenvalue weighted by Crippen LogP contribution is -2.30. The lowest BCUT2D eigenvalue weighted by molar-refractivity contribution is -0.163. The second kappa shape index (κ2) is 50.2. The van der Waals surface area contributed by atoms with Crippen LogP contribution in [0.1, 0.15) is 213 Å². The highest BCUT2D eigenvalue weighted by atomic mass is 16.6. The first-order valence-corrected chi connectivity index (χ1v) is 24.8. The molecule has 0 fully saturated rings. The van der Waals surface area contributed by atoms with E-state index in [1.54, 1.807) is 0 Å². The molecule has 1 atom stereocenters. The Bertz CT molecular complexity index is 1170. The van der Waals surface area contributed by atoms with Crippen molar-refractivity contribution in [3.05, 3.63) is 97.2 Å². The number of allylic oxidation sites excluding steroid dienone is 16. The first-order valence-electron chi connectivity index (χ1n) is 24.8. The number of unbranched alkanes of at least 4 members (excludes halogenated alkanes) is 17. The summed E-state index contributed by atoms with van der Waals surface area (Å²) in [6, 6.07) is 0. The summed E-state index contributed by atoms with van der Waals surface area (Å²) in [5, 5.41) is 0. The average Bonchev–Trinajstić information content (AvgIpc) is 3.25. The van der Waals surface area contributed by atoms with E-state index in [0.29, 0.717) is 19.4 Å². The summed E-state index contributed by atoms with van der Waals surface area (Å²) in [6.45, 7) is 7.53. The van der Waals surface area contributed by atoms with Crippen molar-refractivity contribution in [1.82, 2.24) is 0 Å². The van der Waals surface area contributed by atoms with Gasteiger partial charge in [-0.05, 0) is 96.3 Å². The van der Waals surface area contributed by atoms with E-state index in [9.17, 15) is 9.59 Å². The summed E-state index contributed by atoms with van der Waals surface area (Å²) in [5.41, 5.74) is 0. The highest BCUT2D eigenvalue weighted by molar-refractivity contribution is 5.70. The van der Waals surface area contributed by atoms with Crippen molar-refractivity contribution in [3.63, 3.8) is 0 Å². The predicted molar refractivity (Wildman–Crippen MR) is 260 cm³/mol. The molecule has 0 amide bonds. The van der Waals surface area contributed by atoms with Crippen molar-refractivity contribution >= 4 is 11.9 Å². The van der Waals surface area contributed by atoms with Crippen LogP contribution in [0, 0.1) is 0 Å². The Labute approximate surface area is 371 Å². The minimum Gasteiger partial charge on any atom is -0.462 e. The number of rotatable bonds is 44. The fourth-order valence-electron chi connectivity index (χ4n) is 6.49. The zero-order chi connectivity index (χ0) is 43.5. The third-order valence-corrected chi connectivity index (χ3v) is 10.1. The zero-order valence-corrected chi connectivity index (χ0v) is 39.2. The number of hydrogen-bond acceptors (Lipinski definition) is 5. The molecule has 0 aliphatic heterocycles. The fourth-order valence-corrected chi connectivity index (χ4v) is 6.49. The second-order valence-electron chi connectivity index (χ2n) is 16.0. The molecular weight excluding hydrogens is 741 g/mol. The van der Waals surface area contributed by atoms with E-state index in [0.717, 1.165) is 116 Å². The Morgan fingerprint density at radius 2 is 0.750 bits per heavy atom. The molecule has 0 spiro atoms. The van der Waals surface area contributed by atoms with Gasteiger partial charge in [0.05, 0.1) is 6.61 Å². The molecule has 342 valence electrons. The standard InChI is InChI=1S/C55H92O5/c1-4-7-10-13-16-19-22-25-26-27-28-29-30-32-33-36-39-42-45-48-54(56)59-52-53(51-58-50-47-44-41-38-35-24-21-18-15-12-9-6-3)60-55(57)49-46-43-40-37-34-31-23-20-17-14-11-8-5-2/h7-8,10-11,16-17,19-20,25-26,28-29,31-34,53H,4-6,9,12-15,18,21-24,27,30,35-52H2,1-3H3/b10-7-,11-8-,19-16-,20-17-,26-25-,29-28-,33-32-,34-31-. The zero-order valence-electron chi connectivity index (χ0n) is 39.2. The largest absolute Gasteiger partial charge is 0.462 e. The van der Waals surface area contributed by atoms with Gasteiger partial charge in [0.25, 0.3) is 0 Å². The summed E-state index contributed by atoms with van der Waals surface area (Å²) >= 11 is 0. The van der Waals surface area contributed by atoms with Crippen molar-refractivity contribution in [3.8, 4) is 0 Å². The fraction of sp³-hybridized carbons (Fsp3) is 0.673. The van der Waals surface area contributed by atoms with Gasteiger partial charge in [0.1, 0.15) is 6.61 Å². The molecule has 5 nitrogen and oxygen atoms in total. The van der Waals surface area contributed by atoms with Gasteiger partial charge >= 0.3 is 11.9 Å². The van der Waals surface area contributed by atoms with Gasteiger partial charge in [-0.1, -0.05) is 201 Å². The lowest BCUT2D eigenvalue weighted by Gasteiger charge is -2.18. The van der Waals surface area contributed by atoms with Crippen molar-refractivity contribution < 1.29 is 23.8 Å². The molecule has 0 saturated heterocycles. The normalized spacial score (nSPS) is 13.1. The Balaban J connectivity index is 4.36. The van der Waals surface area contributed by atoms with E-state index in [1.807, 2.05) is 0 Å². The van der Waals surface area contributed by atoms with Gasteiger partial charge in [-0.15, -0.1) is 0 Å². The van der Waals surface area contributed by atoms with Crippen molar-refractivity contribution in [2.45, 2.75) is 219 Å². The lowest BCUT2D eigenvalue weighted by atomic mass is 10.1. The number of ether oxygens (including phenoxy) is 3. The maximum absolute atomic E-state index is 12.7. The van der Waals surface area contributed by atoms with Gasteiger partial charge in [0.15, 0.2) is 6.10 Å². The third-order valence-electron chi connectivity index (χ3n) is 10.1. The quantitative estimate of drug-likeness (QED) is 0.0348. The Hall–Kier alpha value is -3.18. The number of carbonyl (C=O) groups excluding carboxylic acids is 2. The van der Waals surface area contributed by atoms with Gasteiger partial charge in [0, 0.05) is 19.4 Å². The summed E-state index contributed by atoms with van der Waals surface area (Å²) < 4.78 is 17.3. The third kappa shape index (κ3) is 47.5. The highest BCUT2D eigenvalue weighted by Gasteiger charge is 2.17. The molecule has 1 unspecified atom stereocenters. The molecule has 0 radical (unpaired) electrons. The molecule has 0 aromatic heterocycles. The molecule has 5 heteroatoms. The van der Waals surface area contributed by atoms with Crippen LogP contribution in [-0.4, -0.2) is 37.9 Å². The molecule has 60 heavy (non-hydrogen) atoms. The molecular formula is C55H92O5. The predicted octanol–water partition coefficient (Wildman–Crippen LogP) is 16.7. The van der Waals surface area contributed by atoms with Crippen LogP contribution in [0.2, 0.25) is 0 Å². The van der Waals surface area contributed by atoms with Crippen molar-refractivity contribution in [1.29, 1.82) is 0 Å². The Kier molecular flexibility index (Phi) is 47.5. The van der Waals surface area contributed by atoms with Crippen LogP contribution < -0.4 is 0 Å². The molecule has 0 heterocycles. The topological polar surface area (TPSA) is 61.8 Å². The second-order valence-corrected chi connectivity index (χ2v) is 16.0. The summed E-state index contributed by atoms with van der Waals surface area (Å²) in [5.74, 6) is -0.471. The molecule has 0 saturated carbocycles. The minimum absolute atomic E-state index is 0.0528. The Morgan fingerprint density at radius 3 is 1.18 bits per heavy atom. The van der Waals surface area contributed by atoms with Gasteiger partial charge in [-0.3, -0.25) is 9.59 Å². The summed E-state index contributed by atoms with van der Waals surface area (Å²) in [7, 11) is 0. The minimum atomic E-state index is -0.567. The van der Waals surface area contributed by atoms with E-state index in [-0.39, 0.29) is 25.2 Å². The Morgan fingerprint density at radius 1 is 0.383 bits per heavy atom. The van der Waals surface area contributed by atoms with Crippen LogP contribution in [0.25, 0.3) is 0 Å². The van der Waals surface area contributed by atoms with Crippen LogP contribution in [0.3, 0.4) is 0 Å². The number of hydrogen-bond donors (Lipinski definition) is 0. The van der Waals surface area contributed by atoms with Crippen LogP contribution in [0.4, 0.5) is 0 Å². The van der Waals surface area contributed by atoms with Gasteiger partial charge in [-0.2, -0.15) is 0 Å². The first kappa shape index (κ1) is 56.8. The number of esters is 2. The van der Waals surface area contributed by atoms with Crippen molar-refractivity contribution in [2.24, 2.45) is 0 Å². The van der Waals surface area contributed by atoms with E-state index in [1.165, 1.54) is 64.2 Å². The smallest absolute Gasteiger partial charge is 0.306 e. The van der Waals surface area contributed by atoms with Gasteiger partial charge in [0.2, 0.25) is 0 Å². The van der Waals surface area contributed by atoms with E-state index in [4.69, 9.17) is 14.2 Å². The van der Waals surface area contributed by atoms with E-state index < -0.39 is 6.10 Å². The van der Waals surface area contributed by atoms with Crippen LogP contribution in [0.15, 0.2) is 97.2 Å². The maximum atomic E-state index is 12.7. The van der Waals surface area contributed by atoms with Crippen LogP contribution in [0.5, 0.6) is 0 Å². The molecule has 0 bridgehead atoms. The maximum Gasteiger partial charge on any atom is 0.306 e. The molecule has 0 aromatic carbocycles. The number of carbonyl (C=O) groups is 2. The van der Waals surface area contributed by atoms with E-state index >= 15 is 0 Å². The first-order chi connectivity index (χ1) is 29.6. The van der Waals surface area contributed by atoms with Crippen molar-refractivity contribution in [2.75, 3.05) is 19.8 Å². The van der Waals surface area contributed by atoms with Crippen LogP contribution >= 0.6 is 0 Å². The molecule has 0 N–H and O–H groups in total. The molecule has 0 aliphatic carbocycles. The van der Waals surface area contributed by atoms with Gasteiger partial charge in [-0.25, -0.2) is 0 Å². The van der Waals surface area contributed by atoms with Gasteiger partial charge < -0.3 is 14.2 Å². The summed E-state index contributed by atoms with van der Waals surface area (Å²) in [4.78, 5) is 25.3. The SMILES string of the molecule is CC/C=C\C/C=C\C/C=C\C/C=C\C/C=C\CCCCCC(=O)OCC(COCCCCCCCCCCCCCC)OC(=O)CCCCC/C=C\C/C=C\C/C=C\CC. The highest BCUT2D eigenvalue weighted by Crippen LogP contribution is 2.13. The van der Waals surface area contributed by atoms with E-state index in [2.05, 4.69) is 118 Å². The summed E-state index contributed by atoms with van der Waals surface area (Å²) in [6.07, 6.45) is 67.0. The van der Waals surface area contributed by atoms with Crippen LogP contribution in [-0.2, 0) is 23.8 Å². The molecule has 0 aromatic rings.